The number of esters is 1. The molecule has 1 atom stereocenters. The fourth-order valence-electron chi connectivity index (χ4n) is 5.45. The molecule has 1 aliphatic carbocycles. The highest BCUT2D eigenvalue weighted by Gasteiger charge is 2.29. The van der Waals surface area contributed by atoms with E-state index >= 15 is 0 Å². The number of nitrogens with zero attached hydrogens (tertiary/aromatic N) is 2. The summed E-state index contributed by atoms with van der Waals surface area (Å²) in [6.45, 7) is 0.236. The van der Waals surface area contributed by atoms with E-state index in [9.17, 15) is 4.79 Å². The van der Waals surface area contributed by atoms with E-state index in [0.29, 0.717) is 23.0 Å². The number of carbonyl (C=O) groups is 1. The third-order valence-electron chi connectivity index (χ3n) is 7.22. The summed E-state index contributed by atoms with van der Waals surface area (Å²) in [4.78, 5) is 22.0. The monoisotopic (exact) mass is 497 g/mol. The Labute approximate surface area is 214 Å². The highest BCUT2D eigenvalue weighted by molar-refractivity contribution is 6.11. The fourth-order valence-corrected chi connectivity index (χ4v) is 5.45. The second kappa shape index (κ2) is 9.28. The molecule has 2 heterocycles. The van der Waals surface area contributed by atoms with E-state index in [-0.39, 0.29) is 18.6 Å². The summed E-state index contributed by atoms with van der Waals surface area (Å²) in [6, 6.07) is 12.2. The number of cyclic esters (lactones) is 1. The van der Waals surface area contributed by atoms with Gasteiger partial charge in [0.15, 0.2) is 11.5 Å². The van der Waals surface area contributed by atoms with Crippen LogP contribution in [-0.4, -0.2) is 43.3 Å². The lowest BCUT2D eigenvalue weighted by atomic mass is 9.87. The predicted octanol–water partition coefficient (Wildman–Crippen LogP) is 4.96. The van der Waals surface area contributed by atoms with Crippen molar-refractivity contribution in [3.05, 3.63) is 71.0 Å². The minimum Gasteiger partial charge on any atom is -0.496 e. The lowest BCUT2D eigenvalue weighted by Gasteiger charge is -2.26. The Morgan fingerprint density at radius 3 is 2.43 bits per heavy atom. The summed E-state index contributed by atoms with van der Waals surface area (Å²) >= 11 is 0. The highest BCUT2D eigenvalue weighted by Crippen LogP contribution is 2.42. The Morgan fingerprint density at radius 2 is 1.68 bits per heavy atom. The van der Waals surface area contributed by atoms with Gasteiger partial charge in [0.25, 0.3) is 0 Å². The molecule has 8 nitrogen and oxygen atoms in total. The van der Waals surface area contributed by atoms with E-state index in [1.54, 1.807) is 33.7 Å². The van der Waals surface area contributed by atoms with Crippen molar-refractivity contribution in [3.8, 4) is 28.4 Å². The molecule has 0 radical (unpaired) electrons. The number of rotatable bonds is 6. The normalized spacial score (nSPS) is 16.1. The van der Waals surface area contributed by atoms with E-state index in [2.05, 4.69) is 21.4 Å². The first-order chi connectivity index (χ1) is 18.1. The molecule has 0 spiro atoms. The van der Waals surface area contributed by atoms with E-state index in [4.69, 9.17) is 18.9 Å². The number of aromatic nitrogens is 2. The molecule has 1 N–H and O–H groups in total. The van der Waals surface area contributed by atoms with Gasteiger partial charge in [0.1, 0.15) is 12.4 Å². The summed E-state index contributed by atoms with van der Waals surface area (Å²) in [6.07, 6.45) is 6.29. The second-order valence-corrected chi connectivity index (χ2v) is 9.27. The molecule has 6 rings (SSSR count). The maximum absolute atomic E-state index is 12.7. The van der Waals surface area contributed by atoms with Crippen molar-refractivity contribution in [1.29, 1.82) is 0 Å². The third kappa shape index (κ3) is 3.98. The number of anilines is 1. The van der Waals surface area contributed by atoms with Gasteiger partial charge in [0.05, 0.1) is 26.9 Å². The molecule has 4 aromatic rings. The van der Waals surface area contributed by atoms with Gasteiger partial charge in [-0.05, 0) is 65.4 Å². The van der Waals surface area contributed by atoms with Crippen LogP contribution in [0.1, 0.15) is 33.5 Å². The van der Waals surface area contributed by atoms with Crippen molar-refractivity contribution < 1.29 is 23.7 Å². The van der Waals surface area contributed by atoms with Gasteiger partial charge in [-0.3, -0.25) is 0 Å². The van der Waals surface area contributed by atoms with E-state index in [1.807, 2.05) is 30.3 Å². The van der Waals surface area contributed by atoms with Crippen LogP contribution in [0.3, 0.4) is 0 Å². The fraction of sp³-hybridized carbons (Fsp3) is 0.276. The first-order valence-electron chi connectivity index (χ1n) is 12.2. The van der Waals surface area contributed by atoms with Gasteiger partial charge in [-0.2, -0.15) is 0 Å². The summed E-state index contributed by atoms with van der Waals surface area (Å²) in [5.41, 5.74) is 5.41. The summed E-state index contributed by atoms with van der Waals surface area (Å²) in [5.74, 6) is 2.36. The number of nitrogens with one attached hydrogen (secondary N) is 1. The molecule has 0 fully saturated rings. The van der Waals surface area contributed by atoms with Crippen molar-refractivity contribution >= 4 is 22.7 Å². The van der Waals surface area contributed by atoms with E-state index < -0.39 is 0 Å². The van der Waals surface area contributed by atoms with Crippen LogP contribution >= 0.6 is 0 Å². The molecule has 0 saturated heterocycles. The summed E-state index contributed by atoms with van der Waals surface area (Å²) < 4.78 is 21.9. The first kappa shape index (κ1) is 23.1. The van der Waals surface area contributed by atoms with Crippen molar-refractivity contribution in [2.75, 3.05) is 26.6 Å². The zero-order valence-electron chi connectivity index (χ0n) is 21.0. The molecule has 0 amide bonds. The smallest absolute Gasteiger partial charge is 0.339 e. The Bertz CT molecular complexity index is 1520. The third-order valence-corrected chi connectivity index (χ3v) is 7.22. The largest absolute Gasteiger partial charge is 0.496 e. The van der Waals surface area contributed by atoms with Crippen molar-refractivity contribution in [2.24, 2.45) is 0 Å². The Hall–Kier alpha value is -4.33. The second-order valence-electron chi connectivity index (χ2n) is 9.27. The number of benzene rings is 3. The summed E-state index contributed by atoms with van der Waals surface area (Å²) in [5, 5.41) is 5.24. The Balaban J connectivity index is 1.34. The van der Waals surface area contributed by atoms with Gasteiger partial charge < -0.3 is 24.3 Å². The maximum Gasteiger partial charge on any atom is 0.339 e. The van der Waals surface area contributed by atoms with Crippen LogP contribution in [0, 0.1) is 0 Å². The van der Waals surface area contributed by atoms with Crippen LogP contribution in [-0.2, 0) is 24.2 Å². The van der Waals surface area contributed by atoms with Gasteiger partial charge in [-0.1, -0.05) is 12.1 Å². The molecule has 3 aromatic carbocycles. The average molecular weight is 498 g/mol. The molecule has 2 aliphatic rings. The minimum atomic E-state index is -0.347. The molecule has 0 saturated carbocycles. The van der Waals surface area contributed by atoms with Gasteiger partial charge in [-0.25, -0.2) is 14.8 Å². The molecule has 0 bridgehead atoms. The topological polar surface area (TPSA) is 91.8 Å². The number of carbonyl (C=O) groups excluding carboxylic acids is 1. The van der Waals surface area contributed by atoms with Gasteiger partial charge >= 0.3 is 5.97 Å². The minimum absolute atomic E-state index is 0.221. The Kier molecular flexibility index (Phi) is 5.79. The van der Waals surface area contributed by atoms with Gasteiger partial charge in [-0.15, -0.1) is 0 Å². The van der Waals surface area contributed by atoms with Crippen LogP contribution in [0.2, 0.25) is 0 Å². The maximum atomic E-state index is 12.7. The molecular weight excluding hydrogens is 470 g/mol. The average Bonchev–Trinajstić information content (AvgIpc) is 3.30. The number of hydrogen-bond donors (Lipinski definition) is 1. The van der Waals surface area contributed by atoms with Crippen molar-refractivity contribution in [2.45, 2.75) is 31.9 Å². The van der Waals surface area contributed by atoms with Crippen LogP contribution in [0.4, 0.5) is 5.95 Å². The lowest BCUT2D eigenvalue weighted by Crippen LogP contribution is -2.28. The zero-order chi connectivity index (χ0) is 25.5. The van der Waals surface area contributed by atoms with E-state index in [1.165, 1.54) is 11.1 Å². The zero-order valence-corrected chi connectivity index (χ0v) is 21.0. The predicted molar refractivity (Wildman–Crippen MR) is 140 cm³/mol. The van der Waals surface area contributed by atoms with Gasteiger partial charge in [0, 0.05) is 35.1 Å². The van der Waals surface area contributed by atoms with Crippen LogP contribution in [0.25, 0.3) is 21.9 Å². The Morgan fingerprint density at radius 1 is 0.919 bits per heavy atom. The van der Waals surface area contributed by atoms with Crippen LogP contribution < -0.4 is 19.5 Å². The standard InChI is InChI=1S/C29H27N3O5/c1-34-23-6-4-5-16-10-20(7-8-21(16)23)32-29-30-13-19(14-31-29)26-22-12-25(36-3)24(35-2)11-17(22)9-18-15-37-28(33)27(18)26/h4-6,9,11-14,20H,7-8,10,15H2,1-3H3,(H,30,31,32)/t20-/m0/s1. The summed E-state index contributed by atoms with van der Waals surface area (Å²) in [7, 11) is 4.91. The number of ether oxygens (including phenoxy) is 4. The van der Waals surface area contributed by atoms with Crippen LogP contribution in [0.15, 0.2) is 48.8 Å². The first-order valence-corrected chi connectivity index (χ1v) is 12.2. The van der Waals surface area contributed by atoms with Crippen LogP contribution in [0.5, 0.6) is 17.2 Å². The lowest BCUT2D eigenvalue weighted by molar-refractivity contribution is 0.0535. The SMILES string of the molecule is COc1cc2cc3c(c(-c4cnc(N[C@H]5CCc6c(cccc6OC)C5)nc4)c2cc1OC)C(=O)OC3. The van der Waals surface area contributed by atoms with Gasteiger partial charge in [0.2, 0.25) is 5.95 Å². The van der Waals surface area contributed by atoms with Crippen molar-refractivity contribution in [3.63, 3.8) is 0 Å². The quantitative estimate of drug-likeness (QED) is 0.374. The number of methoxy groups -OCH3 is 3. The van der Waals surface area contributed by atoms with E-state index in [0.717, 1.165) is 52.5 Å². The number of fused-ring (bicyclic) bond motifs is 3. The molecule has 8 heteroatoms. The molecule has 37 heavy (non-hydrogen) atoms. The number of hydrogen-bond acceptors (Lipinski definition) is 8. The molecule has 1 aromatic heterocycles. The highest BCUT2D eigenvalue weighted by atomic mass is 16.5. The molecule has 0 unspecified atom stereocenters. The molecule has 1 aliphatic heterocycles. The van der Waals surface area contributed by atoms with Crippen molar-refractivity contribution in [1.82, 2.24) is 9.97 Å². The molecular formula is C29H27N3O5. The molecule has 188 valence electrons.